The van der Waals surface area contributed by atoms with Crippen LogP contribution in [0, 0.1) is 0 Å². The van der Waals surface area contributed by atoms with E-state index in [2.05, 4.69) is 11.9 Å². The van der Waals surface area contributed by atoms with Gasteiger partial charge in [-0.1, -0.05) is 19.8 Å². The van der Waals surface area contributed by atoms with Gasteiger partial charge < -0.3 is 5.73 Å². The van der Waals surface area contributed by atoms with Crippen LogP contribution in [0.4, 0.5) is 5.13 Å². The quantitative estimate of drug-likeness (QED) is 0.789. The maximum Gasteiger partial charge on any atom is 0.180 e. The summed E-state index contributed by atoms with van der Waals surface area (Å²) < 4.78 is 0. The Balaban J connectivity index is 2.26. The molecule has 0 bridgehead atoms. The molecule has 1 aliphatic carbocycles. The van der Waals surface area contributed by atoms with Crippen LogP contribution in [0.2, 0.25) is 0 Å². The molecule has 0 saturated heterocycles. The zero-order valence-corrected chi connectivity index (χ0v) is 8.86. The van der Waals surface area contributed by atoms with Gasteiger partial charge in [0.05, 0.1) is 5.69 Å². The number of hydrogen-bond donors (Lipinski definition) is 1. The summed E-state index contributed by atoms with van der Waals surface area (Å²) in [4.78, 5) is 5.87. The molecule has 0 spiro atoms. The summed E-state index contributed by atoms with van der Waals surface area (Å²) in [5.41, 5.74) is 7.04. The number of aryl methyl sites for hydroxylation is 1. The smallest absolute Gasteiger partial charge is 0.180 e. The number of hydrogen-bond acceptors (Lipinski definition) is 3. The standard InChI is InChI=1S/C10H16N2S/c1-2-8-9(12-10(11)13-8)7-5-3-4-6-7/h7H,2-6H2,1H3,(H2,11,12). The molecule has 0 radical (unpaired) electrons. The summed E-state index contributed by atoms with van der Waals surface area (Å²) >= 11 is 1.67. The monoisotopic (exact) mass is 196 g/mol. The average molecular weight is 196 g/mol. The Hall–Kier alpha value is -0.570. The highest BCUT2D eigenvalue weighted by atomic mass is 32.1. The molecule has 1 aliphatic rings. The van der Waals surface area contributed by atoms with Crippen molar-refractivity contribution in [3.05, 3.63) is 10.6 Å². The average Bonchev–Trinajstić information content (AvgIpc) is 2.71. The van der Waals surface area contributed by atoms with Crippen molar-refractivity contribution in [1.29, 1.82) is 0 Å². The van der Waals surface area contributed by atoms with E-state index in [4.69, 9.17) is 5.73 Å². The predicted molar refractivity (Wildman–Crippen MR) is 57.1 cm³/mol. The Morgan fingerprint density at radius 3 is 2.77 bits per heavy atom. The van der Waals surface area contributed by atoms with Gasteiger partial charge in [-0.2, -0.15) is 0 Å². The Labute approximate surface area is 83.2 Å². The van der Waals surface area contributed by atoms with E-state index in [-0.39, 0.29) is 0 Å². The van der Waals surface area contributed by atoms with E-state index in [0.717, 1.165) is 11.6 Å². The number of nitrogens with zero attached hydrogens (tertiary/aromatic N) is 1. The summed E-state index contributed by atoms with van der Waals surface area (Å²) in [6.45, 7) is 2.19. The summed E-state index contributed by atoms with van der Waals surface area (Å²) in [5, 5.41) is 0.749. The fraction of sp³-hybridized carbons (Fsp3) is 0.700. The topological polar surface area (TPSA) is 38.9 Å². The van der Waals surface area contributed by atoms with Crippen LogP contribution in [0.1, 0.15) is 49.1 Å². The SMILES string of the molecule is CCc1sc(N)nc1C1CCCC1. The third kappa shape index (κ3) is 1.70. The van der Waals surface area contributed by atoms with Crippen molar-refractivity contribution in [1.82, 2.24) is 4.98 Å². The fourth-order valence-electron chi connectivity index (χ4n) is 2.15. The molecule has 2 rings (SSSR count). The second-order valence-corrected chi connectivity index (χ2v) is 4.81. The normalized spacial score (nSPS) is 18.2. The minimum Gasteiger partial charge on any atom is -0.375 e. The van der Waals surface area contributed by atoms with E-state index in [1.165, 1.54) is 36.3 Å². The molecule has 1 saturated carbocycles. The lowest BCUT2D eigenvalue weighted by Gasteiger charge is -2.06. The van der Waals surface area contributed by atoms with Crippen LogP contribution < -0.4 is 5.73 Å². The van der Waals surface area contributed by atoms with Gasteiger partial charge in [-0.3, -0.25) is 0 Å². The van der Waals surface area contributed by atoms with Crippen LogP contribution in [-0.2, 0) is 6.42 Å². The van der Waals surface area contributed by atoms with Gasteiger partial charge in [-0.05, 0) is 19.3 Å². The molecule has 0 atom stereocenters. The molecule has 0 aliphatic heterocycles. The minimum atomic E-state index is 0.712. The van der Waals surface area contributed by atoms with Crippen molar-refractivity contribution in [2.45, 2.75) is 44.9 Å². The molecule has 13 heavy (non-hydrogen) atoms. The zero-order valence-electron chi connectivity index (χ0n) is 8.05. The van der Waals surface area contributed by atoms with E-state index >= 15 is 0 Å². The summed E-state index contributed by atoms with van der Waals surface area (Å²) in [7, 11) is 0. The van der Waals surface area contributed by atoms with Crippen molar-refractivity contribution >= 4 is 16.5 Å². The van der Waals surface area contributed by atoms with E-state index in [1.807, 2.05) is 0 Å². The molecule has 72 valence electrons. The van der Waals surface area contributed by atoms with Crippen molar-refractivity contribution in [2.75, 3.05) is 5.73 Å². The van der Waals surface area contributed by atoms with Crippen molar-refractivity contribution in [2.24, 2.45) is 0 Å². The molecule has 3 heteroatoms. The first-order chi connectivity index (χ1) is 6.31. The van der Waals surface area contributed by atoms with Gasteiger partial charge in [0.25, 0.3) is 0 Å². The molecule has 2 nitrogen and oxygen atoms in total. The molecule has 1 aromatic heterocycles. The van der Waals surface area contributed by atoms with Gasteiger partial charge in [0.1, 0.15) is 0 Å². The highest BCUT2D eigenvalue weighted by Gasteiger charge is 2.22. The number of rotatable bonds is 2. The van der Waals surface area contributed by atoms with Gasteiger partial charge in [0, 0.05) is 10.8 Å². The predicted octanol–water partition coefficient (Wildman–Crippen LogP) is 2.95. The molecule has 0 aromatic carbocycles. The van der Waals surface area contributed by atoms with E-state index in [9.17, 15) is 0 Å². The van der Waals surface area contributed by atoms with Gasteiger partial charge in [0.15, 0.2) is 5.13 Å². The van der Waals surface area contributed by atoms with Gasteiger partial charge in [-0.15, -0.1) is 11.3 Å². The lowest BCUT2D eigenvalue weighted by molar-refractivity contribution is 0.695. The first-order valence-electron chi connectivity index (χ1n) is 5.06. The van der Waals surface area contributed by atoms with Gasteiger partial charge >= 0.3 is 0 Å². The molecular formula is C10H16N2S. The van der Waals surface area contributed by atoms with Crippen LogP contribution in [0.15, 0.2) is 0 Å². The molecule has 1 aromatic rings. The maximum absolute atomic E-state index is 5.73. The van der Waals surface area contributed by atoms with Gasteiger partial charge in [-0.25, -0.2) is 4.98 Å². The van der Waals surface area contributed by atoms with E-state index in [1.54, 1.807) is 11.3 Å². The second-order valence-electron chi connectivity index (χ2n) is 3.70. The largest absolute Gasteiger partial charge is 0.375 e. The molecule has 0 amide bonds. The van der Waals surface area contributed by atoms with E-state index in [0.29, 0.717) is 5.92 Å². The molecule has 1 heterocycles. The third-order valence-electron chi connectivity index (χ3n) is 2.81. The van der Waals surface area contributed by atoms with E-state index < -0.39 is 0 Å². The first-order valence-corrected chi connectivity index (χ1v) is 5.88. The molecular weight excluding hydrogens is 180 g/mol. The highest BCUT2D eigenvalue weighted by molar-refractivity contribution is 7.15. The van der Waals surface area contributed by atoms with Crippen LogP contribution >= 0.6 is 11.3 Å². The third-order valence-corrected chi connectivity index (χ3v) is 3.85. The lowest BCUT2D eigenvalue weighted by atomic mass is 10.0. The highest BCUT2D eigenvalue weighted by Crippen LogP contribution is 2.37. The molecule has 0 unspecified atom stereocenters. The van der Waals surface area contributed by atoms with Gasteiger partial charge in [0.2, 0.25) is 0 Å². The minimum absolute atomic E-state index is 0.712. The summed E-state index contributed by atoms with van der Waals surface area (Å²) in [6.07, 6.45) is 6.45. The number of anilines is 1. The van der Waals surface area contributed by atoms with Crippen LogP contribution in [0.3, 0.4) is 0 Å². The fourth-order valence-corrected chi connectivity index (χ4v) is 3.01. The number of aromatic nitrogens is 1. The maximum atomic E-state index is 5.73. The summed E-state index contributed by atoms with van der Waals surface area (Å²) in [5.74, 6) is 0.712. The summed E-state index contributed by atoms with van der Waals surface area (Å²) in [6, 6.07) is 0. The Morgan fingerprint density at radius 1 is 1.46 bits per heavy atom. The lowest BCUT2D eigenvalue weighted by Crippen LogP contribution is -1.96. The number of nitrogens with two attached hydrogens (primary N) is 1. The second kappa shape index (κ2) is 3.66. The van der Waals surface area contributed by atoms with Crippen molar-refractivity contribution in [3.63, 3.8) is 0 Å². The van der Waals surface area contributed by atoms with Crippen molar-refractivity contribution in [3.8, 4) is 0 Å². The van der Waals surface area contributed by atoms with Crippen LogP contribution in [0.25, 0.3) is 0 Å². The molecule has 2 N–H and O–H groups in total. The Bertz CT molecular complexity index is 287. The van der Waals surface area contributed by atoms with Crippen LogP contribution in [-0.4, -0.2) is 4.98 Å². The Kier molecular flexibility index (Phi) is 2.54. The zero-order chi connectivity index (χ0) is 9.26. The number of thiazole rings is 1. The molecule has 1 fully saturated rings. The Morgan fingerprint density at radius 2 is 2.15 bits per heavy atom. The van der Waals surface area contributed by atoms with Crippen LogP contribution in [0.5, 0.6) is 0 Å². The first kappa shape index (κ1) is 9.00. The van der Waals surface area contributed by atoms with Crippen molar-refractivity contribution < 1.29 is 0 Å². The number of nitrogen functional groups attached to an aromatic ring is 1.